The van der Waals surface area contributed by atoms with Gasteiger partial charge in [-0.15, -0.1) is 0 Å². The molecule has 0 radical (unpaired) electrons. The standard InChI is InChI=1S/C25H30F3NO8/c26-25(27,28)19-4-3-5-20(18-19)29-22-7-2-1-6-21(22)24(32)37-17-16-36-15-14-35-13-12-34-11-10-33-9-8-23(30)31/h1-7,18,29H,8-17H2,(H,30,31). The average molecular weight is 530 g/mol. The van der Waals surface area contributed by atoms with Crippen LogP contribution in [0.25, 0.3) is 0 Å². The highest BCUT2D eigenvalue weighted by molar-refractivity contribution is 5.96. The number of rotatable bonds is 18. The highest BCUT2D eigenvalue weighted by atomic mass is 19.4. The van der Waals surface area contributed by atoms with Gasteiger partial charge in [0.15, 0.2) is 0 Å². The predicted molar refractivity (Wildman–Crippen MR) is 127 cm³/mol. The number of esters is 1. The molecule has 0 spiro atoms. The second-order valence-corrected chi connectivity index (χ2v) is 7.48. The molecular formula is C25H30F3NO8. The summed E-state index contributed by atoms with van der Waals surface area (Å²) in [6.45, 7) is 2.22. The lowest BCUT2D eigenvalue weighted by Crippen LogP contribution is -2.15. The predicted octanol–water partition coefficient (Wildman–Crippen LogP) is 4.15. The molecule has 0 bridgehead atoms. The first-order valence-corrected chi connectivity index (χ1v) is 11.5. The molecule has 0 aliphatic rings. The van der Waals surface area contributed by atoms with Crippen molar-refractivity contribution in [1.29, 1.82) is 0 Å². The Kier molecular flexibility index (Phi) is 13.4. The van der Waals surface area contributed by atoms with Crippen LogP contribution in [0, 0.1) is 0 Å². The zero-order chi connectivity index (χ0) is 26.9. The van der Waals surface area contributed by atoms with Crippen molar-refractivity contribution in [3.8, 4) is 0 Å². The Balaban J connectivity index is 1.59. The Bertz CT molecular complexity index is 971. The van der Waals surface area contributed by atoms with Gasteiger partial charge in [-0.2, -0.15) is 13.2 Å². The summed E-state index contributed by atoms with van der Waals surface area (Å²) >= 11 is 0. The number of carbonyl (C=O) groups excluding carboxylic acids is 1. The Labute approximate surface area is 212 Å². The van der Waals surface area contributed by atoms with E-state index in [1.165, 1.54) is 18.2 Å². The van der Waals surface area contributed by atoms with Crippen molar-refractivity contribution in [1.82, 2.24) is 0 Å². The average Bonchev–Trinajstić information content (AvgIpc) is 2.86. The molecule has 204 valence electrons. The number of carbonyl (C=O) groups is 2. The van der Waals surface area contributed by atoms with Gasteiger partial charge >= 0.3 is 18.1 Å². The number of alkyl halides is 3. The molecule has 0 aliphatic carbocycles. The summed E-state index contributed by atoms with van der Waals surface area (Å²) in [5.74, 6) is -1.55. The van der Waals surface area contributed by atoms with E-state index in [2.05, 4.69) is 5.32 Å². The number of hydrogen-bond acceptors (Lipinski definition) is 8. The van der Waals surface area contributed by atoms with Crippen LogP contribution in [0.5, 0.6) is 0 Å². The lowest BCUT2D eigenvalue weighted by Gasteiger charge is -2.13. The maximum absolute atomic E-state index is 13.0. The van der Waals surface area contributed by atoms with Gasteiger partial charge in [0.2, 0.25) is 0 Å². The first-order valence-electron chi connectivity index (χ1n) is 11.5. The smallest absolute Gasteiger partial charge is 0.416 e. The van der Waals surface area contributed by atoms with Crippen molar-refractivity contribution in [3.05, 3.63) is 59.7 Å². The van der Waals surface area contributed by atoms with E-state index in [9.17, 15) is 22.8 Å². The molecule has 0 amide bonds. The normalized spacial score (nSPS) is 11.3. The number of anilines is 2. The molecule has 0 atom stereocenters. The molecule has 0 fully saturated rings. The first kappa shape index (κ1) is 30.0. The molecule has 37 heavy (non-hydrogen) atoms. The summed E-state index contributed by atoms with van der Waals surface area (Å²) in [6, 6.07) is 11.0. The van der Waals surface area contributed by atoms with E-state index in [4.69, 9.17) is 28.8 Å². The van der Waals surface area contributed by atoms with Gasteiger partial charge in [-0.25, -0.2) is 4.79 Å². The van der Waals surface area contributed by atoms with Gasteiger partial charge in [0, 0.05) is 5.69 Å². The van der Waals surface area contributed by atoms with E-state index in [-0.39, 0.29) is 44.1 Å². The fourth-order valence-corrected chi connectivity index (χ4v) is 2.89. The van der Waals surface area contributed by atoms with E-state index in [1.54, 1.807) is 18.2 Å². The van der Waals surface area contributed by atoms with E-state index in [0.717, 1.165) is 12.1 Å². The van der Waals surface area contributed by atoms with Crippen LogP contribution in [0.3, 0.4) is 0 Å². The fourth-order valence-electron chi connectivity index (χ4n) is 2.89. The zero-order valence-electron chi connectivity index (χ0n) is 20.1. The minimum atomic E-state index is -4.48. The highest BCUT2D eigenvalue weighted by Gasteiger charge is 2.30. The number of benzene rings is 2. The van der Waals surface area contributed by atoms with Crippen molar-refractivity contribution < 1.29 is 51.6 Å². The third kappa shape index (κ3) is 12.6. The third-order valence-corrected chi connectivity index (χ3v) is 4.65. The van der Waals surface area contributed by atoms with Crippen molar-refractivity contribution in [2.24, 2.45) is 0 Å². The quantitative estimate of drug-likeness (QED) is 0.217. The third-order valence-electron chi connectivity index (χ3n) is 4.65. The van der Waals surface area contributed by atoms with E-state index in [0.29, 0.717) is 38.7 Å². The van der Waals surface area contributed by atoms with Gasteiger partial charge in [-0.1, -0.05) is 18.2 Å². The van der Waals surface area contributed by atoms with Gasteiger partial charge in [-0.05, 0) is 30.3 Å². The summed E-state index contributed by atoms with van der Waals surface area (Å²) in [6.07, 6.45) is -4.52. The number of halogens is 3. The van der Waals surface area contributed by atoms with E-state index >= 15 is 0 Å². The summed E-state index contributed by atoms with van der Waals surface area (Å²) in [7, 11) is 0. The molecule has 2 N–H and O–H groups in total. The summed E-state index contributed by atoms with van der Waals surface area (Å²) < 4.78 is 65.1. The Morgan fingerprint density at radius 2 is 1.32 bits per heavy atom. The van der Waals surface area contributed by atoms with Crippen LogP contribution in [0.4, 0.5) is 24.5 Å². The van der Waals surface area contributed by atoms with E-state index in [1.807, 2.05) is 0 Å². The van der Waals surface area contributed by atoms with Gasteiger partial charge in [0.25, 0.3) is 0 Å². The number of ether oxygens (including phenoxy) is 5. The second-order valence-electron chi connectivity index (χ2n) is 7.48. The van der Waals surface area contributed by atoms with Crippen LogP contribution >= 0.6 is 0 Å². The minimum Gasteiger partial charge on any atom is -0.481 e. The number of carboxylic acids is 1. The van der Waals surface area contributed by atoms with Gasteiger partial charge in [0.1, 0.15) is 6.61 Å². The molecule has 2 rings (SSSR count). The summed E-state index contributed by atoms with van der Waals surface area (Å²) in [5.41, 5.74) is -0.121. The van der Waals surface area contributed by atoms with E-state index < -0.39 is 23.7 Å². The highest BCUT2D eigenvalue weighted by Crippen LogP contribution is 2.32. The van der Waals surface area contributed by atoms with Crippen LogP contribution in [-0.2, 0) is 34.7 Å². The molecule has 0 aliphatic heterocycles. The maximum atomic E-state index is 13.0. The lowest BCUT2D eigenvalue weighted by molar-refractivity contribution is -0.139. The fraction of sp³-hybridized carbons (Fsp3) is 0.440. The minimum absolute atomic E-state index is 0.0122. The molecule has 9 nitrogen and oxygen atoms in total. The molecule has 0 heterocycles. The van der Waals surface area contributed by atoms with Gasteiger partial charge in [0.05, 0.1) is 76.1 Å². The molecular weight excluding hydrogens is 499 g/mol. The first-order chi connectivity index (χ1) is 17.8. The number of carboxylic acid groups (broad SMARTS) is 1. The van der Waals surface area contributed by atoms with Crippen molar-refractivity contribution >= 4 is 23.3 Å². The molecule has 2 aromatic carbocycles. The van der Waals surface area contributed by atoms with Crippen LogP contribution < -0.4 is 5.32 Å². The number of hydrogen-bond donors (Lipinski definition) is 2. The molecule has 0 unspecified atom stereocenters. The molecule has 2 aromatic rings. The number of para-hydroxylation sites is 1. The van der Waals surface area contributed by atoms with Crippen LogP contribution in [0.2, 0.25) is 0 Å². The molecule has 0 saturated heterocycles. The second kappa shape index (κ2) is 16.5. The van der Waals surface area contributed by atoms with Gasteiger partial charge in [-0.3, -0.25) is 4.79 Å². The largest absolute Gasteiger partial charge is 0.481 e. The molecule has 0 aromatic heterocycles. The van der Waals surface area contributed by atoms with Gasteiger partial charge < -0.3 is 34.1 Å². The summed E-state index contributed by atoms with van der Waals surface area (Å²) in [5, 5.41) is 11.3. The maximum Gasteiger partial charge on any atom is 0.416 e. The monoisotopic (exact) mass is 529 g/mol. The number of aliphatic carboxylic acids is 1. The van der Waals surface area contributed by atoms with Crippen LogP contribution in [0.15, 0.2) is 48.5 Å². The number of nitrogens with one attached hydrogen (secondary N) is 1. The Morgan fingerprint density at radius 1 is 0.757 bits per heavy atom. The van der Waals surface area contributed by atoms with Crippen LogP contribution in [-0.4, -0.2) is 76.5 Å². The molecule has 12 heteroatoms. The van der Waals surface area contributed by atoms with Crippen molar-refractivity contribution in [2.75, 3.05) is 64.8 Å². The summed E-state index contributed by atoms with van der Waals surface area (Å²) in [4.78, 5) is 22.8. The SMILES string of the molecule is O=C(O)CCOCCOCCOCCOCCOC(=O)c1ccccc1Nc1cccc(C(F)(F)F)c1. The molecule has 0 saturated carbocycles. The van der Waals surface area contributed by atoms with Crippen LogP contribution in [0.1, 0.15) is 22.3 Å². The Morgan fingerprint density at radius 3 is 1.92 bits per heavy atom. The van der Waals surface area contributed by atoms with Crippen molar-refractivity contribution in [3.63, 3.8) is 0 Å². The topological polar surface area (TPSA) is 113 Å². The Hall–Kier alpha value is -3.19. The lowest BCUT2D eigenvalue weighted by atomic mass is 10.1. The van der Waals surface area contributed by atoms with Crippen molar-refractivity contribution in [2.45, 2.75) is 12.6 Å². The zero-order valence-corrected chi connectivity index (χ0v) is 20.1.